The molecule has 2 fully saturated rings. The van der Waals surface area contributed by atoms with Crippen molar-refractivity contribution in [3.63, 3.8) is 0 Å². The third kappa shape index (κ3) is 2.80. The molecule has 0 heterocycles. The summed E-state index contributed by atoms with van der Waals surface area (Å²) in [5.41, 5.74) is 0.664. The van der Waals surface area contributed by atoms with Gasteiger partial charge in [-0.05, 0) is 50.0 Å². The lowest BCUT2D eigenvalue weighted by atomic mass is 9.72. The summed E-state index contributed by atoms with van der Waals surface area (Å²) in [6, 6.07) is 0.818. The summed E-state index contributed by atoms with van der Waals surface area (Å²) in [4.78, 5) is 0. The van der Waals surface area contributed by atoms with Crippen LogP contribution in [0.15, 0.2) is 0 Å². The molecule has 16 heavy (non-hydrogen) atoms. The van der Waals surface area contributed by atoms with Crippen LogP contribution in [0.3, 0.4) is 0 Å². The monoisotopic (exact) mass is 223 g/mol. The molecule has 0 saturated heterocycles. The van der Waals surface area contributed by atoms with Crippen molar-refractivity contribution in [2.24, 2.45) is 11.3 Å². The van der Waals surface area contributed by atoms with Gasteiger partial charge < -0.3 is 5.32 Å². The molecule has 0 aromatic rings. The number of nitrogens with one attached hydrogen (secondary N) is 1. The van der Waals surface area contributed by atoms with Crippen LogP contribution in [0.5, 0.6) is 0 Å². The average Bonchev–Trinajstić information content (AvgIpc) is 2.54. The van der Waals surface area contributed by atoms with Crippen molar-refractivity contribution in [3.05, 3.63) is 0 Å². The molecule has 1 N–H and O–H groups in total. The van der Waals surface area contributed by atoms with Crippen LogP contribution in [0.1, 0.15) is 71.6 Å². The van der Waals surface area contributed by atoms with Gasteiger partial charge in [0.2, 0.25) is 0 Å². The molecule has 2 unspecified atom stereocenters. The molecule has 0 aromatic carbocycles. The fourth-order valence-corrected chi connectivity index (χ4v) is 4.08. The maximum atomic E-state index is 3.65. The minimum atomic E-state index is 0.664. The minimum absolute atomic E-state index is 0.664. The van der Waals surface area contributed by atoms with Crippen molar-refractivity contribution >= 4 is 0 Å². The van der Waals surface area contributed by atoms with Crippen molar-refractivity contribution in [1.82, 2.24) is 5.32 Å². The molecule has 0 amide bonds. The Balaban J connectivity index is 1.91. The summed E-state index contributed by atoms with van der Waals surface area (Å²) >= 11 is 0. The van der Waals surface area contributed by atoms with Gasteiger partial charge in [-0.3, -0.25) is 0 Å². The summed E-state index contributed by atoms with van der Waals surface area (Å²) < 4.78 is 0. The Morgan fingerprint density at radius 2 is 1.75 bits per heavy atom. The Morgan fingerprint density at radius 3 is 2.38 bits per heavy atom. The average molecular weight is 223 g/mol. The normalized spacial score (nSPS) is 37.5. The molecule has 0 bridgehead atoms. The number of hydrogen-bond donors (Lipinski definition) is 1. The molecule has 1 nitrogen and oxygen atoms in total. The molecular weight excluding hydrogens is 194 g/mol. The Hall–Kier alpha value is -0.0400. The van der Waals surface area contributed by atoms with Crippen molar-refractivity contribution in [3.8, 4) is 0 Å². The maximum Gasteiger partial charge on any atom is 0.00724 e. The Kier molecular flexibility index (Phi) is 4.29. The van der Waals surface area contributed by atoms with E-state index in [0.717, 1.165) is 18.5 Å². The van der Waals surface area contributed by atoms with E-state index in [-0.39, 0.29) is 0 Å². The lowest BCUT2D eigenvalue weighted by molar-refractivity contribution is 0.167. The van der Waals surface area contributed by atoms with Gasteiger partial charge in [-0.2, -0.15) is 0 Å². The van der Waals surface area contributed by atoms with Gasteiger partial charge in [0.05, 0.1) is 0 Å². The maximum absolute atomic E-state index is 3.65. The first kappa shape index (κ1) is 12.4. The highest BCUT2D eigenvalue weighted by molar-refractivity contribution is 4.93. The van der Waals surface area contributed by atoms with Crippen LogP contribution in [-0.2, 0) is 0 Å². The quantitative estimate of drug-likeness (QED) is 0.710. The highest BCUT2D eigenvalue weighted by Gasteiger charge is 2.40. The van der Waals surface area contributed by atoms with Crippen LogP contribution in [0, 0.1) is 11.3 Å². The van der Waals surface area contributed by atoms with Crippen LogP contribution in [0.4, 0.5) is 0 Å². The molecule has 1 heteroatoms. The van der Waals surface area contributed by atoms with E-state index in [9.17, 15) is 0 Å². The van der Waals surface area contributed by atoms with E-state index in [1.165, 1.54) is 57.8 Å². The molecule has 0 spiro atoms. The summed E-state index contributed by atoms with van der Waals surface area (Å²) in [6.45, 7) is 5.95. The van der Waals surface area contributed by atoms with Crippen LogP contribution in [0.25, 0.3) is 0 Å². The topological polar surface area (TPSA) is 12.0 Å². The summed E-state index contributed by atoms with van der Waals surface area (Å²) in [6.07, 6.45) is 13.3. The molecule has 0 aliphatic heterocycles. The first-order chi connectivity index (χ1) is 7.74. The predicted molar refractivity (Wildman–Crippen MR) is 70.6 cm³/mol. The fraction of sp³-hybridized carbons (Fsp3) is 1.00. The highest BCUT2D eigenvalue weighted by Crippen LogP contribution is 2.48. The van der Waals surface area contributed by atoms with Gasteiger partial charge in [0, 0.05) is 6.04 Å². The van der Waals surface area contributed by atoms with Crippen molar-refractivity contribution in [2.75, 3.05) is 6.54 Å². The van der Waals surface area contributed by atoms with Crippen LogP contribution in [0.2, 0.25) is 0 Å². The van der Waals surface area contributed by atoms with Gasteiger partial charge in [-0.25, -0.2) is 0 Å². The second-order valence-electron chi connectivity index (χ2n) is 6.34. The van der Waals surface area contributed by atoms with Gasteiger partial charge >= 0.3 is 0 Å². The lowest BCUT2D eigenvalue weighted by Gasteiger charge is -2.34. The van der Waals surface area contributed by atoms with Gasteiger partial charge in [0.1, 0.15) is 0 Å². The van der Waals surface area contributed by atoms with E-state index in [0.29, 0.717) is 5.41 Å². The standard InChI is InChI=1S/C15H29N/c1-3-16-14-10-11-15(2,12-14)13-8-6-4-5-7-9-13/h13-14,16H,3-12H2,1-2H3. The van der Waals surface area contributed by atoms with Gasteiger partial charge in [0.15, 0.2) is 0 Å². The fourth-order valence-electron chi connectivity index (χ4n) is 4.08. The molecule has 2 aliphatic rings. The van der Waals surface area contributed by atoms with E-state index in [1.54, 1.807) is 0 Å². The predicted octanol–water partition coefficient (Wildman–Crippen LogP) is 4.13. The van der Waals surface area contributed by atoms with Gasteiger partial charge in [0.25, 0.3) is 0 Å². The van der Waals surface area contributed by atoms with E-state index >= 15 is 0 Å². The second kappa shape index (κ2) is 5.53. The first-order valence-electron chi connectivity index (χ1n) is 7.48. The SMILES string of the molecule is CCNC1CCC(C)(C2CCCCCC2)C1. The van der Waals surface area contributed by atoms with Crippen LogP contribution < -0.4 is 5.32 Å². The van der Waals surface area contributed by atoms with Crippen molar-refractivity contribution in [2.45, 2.75) is 77.7 Å². The lowest BCUT2D eigenvalue weighted by Crippen LogP contribution is -2.30. The molecule has 0 radical (unpaired) electrons. The van der Waals surface area contributed by atoms with E-state index < -0.39 is 0 Å². The van der Waals surface area contributed by atoms with Gasteiger partial charge in [-0.15, -0.1) is 0 Å². The van der Waals surface area contributed by atoms with E-state index in [1.807, 2.05) is 0 Å². The highest BCUT2D eigenvalue weighted by atomic mass is 14.9. The number of hydrogen-bond acceptors (Lipinski definition) is 1. The largest absolute Gasteiger partial charge is 0.314 e. The van der Waals surface area contributed by atoms with Crippen LogP contribution >= 0.6 is 0 Å². The molecule has 2 atom stereocenters. The second-order valence-corrected chi connectivity index (χ2v) is 6.34. The van der Waals surface area contributed by atoms with E-state index in [2.05, 4.69) is 19.2 Å². The summed E-state index contributed by atoms with van der Waals surface area (Å²) in [5.74, 6) is 1.03. The first-order valence-corrected chi connectivity index (χ1v) is 7.48. The molecule has 2 aliphatic carbocycles. The molecule has 0 aromatic heterocycles. The zero-order valence-electron chi connectivity index (χ0n) is 11.2. The summed E-state index contributed by atoms with van der Waals surface area (Å²) in [5, 5.41) is 3.65. The van der Waals surface area contributed by atoms with Crippen LogP contribution in [-0.4, -0.2) is 12.6 Å². The molecule has 2 saturated carbocycles. The smallest absolute Gasteiger partial charge is 0.00724 e. The third-order valence-electron chi connectivity index (χ3n) is 5.11. The Labute approximate surface area is 101 Å². The molecule has 2 rings (SSSR count). The molecular formula is C15H29N. The third-order valence-corrected chi connectivity index (χ3v) is 5.11. The van der Waals surface area contributed by atoms with Crippen molar-refractivity contribution in [1.29, 1.82) is 0 Å². The molecule has 94 valence electrons. The summed E-state index contributed by atoms with van der Waals surface area (Å²) in [7, 11) is 0. The minimum Gasteiger partial charge on any atom is -0.314 e. The van der Waals surface area contributed by atoms with Crippen molar-refractivity contribution < 1.29 is 0 Å². The Bertz CT molecular complexity index is 205. The zero-order chi connectivity index (χ0) is 11.4. The zero-order valence-corrected chi connectivity index (χ0v) is 11.2. The number of rotatable bonds is 3. The van der Waals surface area contributed by atoms with Gasteiger partial charge in [-0.1, -0.05) is 39.5 Å². The van der Waals surface area contributed by atoms with E-state index in [4.69, 9.17) is 0 Å². The Morgan fingerprint density at radius 1 is 1.06 bits per heavy atom.